The van der Waals surface area contributed by atoms with Crippen molar-refractivity contribution in [3.05, 3.63) is 41.5 Å². The van der Waals surface area contributed by atoms with Crippen molar-refractivity contribution in [3.8, 4) is 0 Å². The van der Waals surface area contributed by atoms with Crippen molar-refractivity contribution in [1.29, 1.82) is 0 Å². The predicted octanol–water partition coefficient (Wildman–Crippen LogP) is 2.38. The highest BCUT2D eigenvalue weighted by Crippen LogP contribution is 2.10. The maximum absolute atomic E-state index is 10.5. The fourth-order valence-electron chi connectivity index (χ4n) is 2.01. The van der Waals surface area contributed by atoms with Gasteiger partial charge in [-0.1, -0.05) is 37.6 Å². The summed E-state index contributed by atoms with van der Waals surface area (Å²) in [5, 5.41) is 17.7. The number of unbranched alkanes of at least 4 members (excludes halogenated alkanes) is 1. The minimum Gasteiger partial charge on any atom is -0.478 e. The van der Waals surface area contributed by atoms with Crippen molar-refractivity contribution in [2.24, 2.45) is 0 Å². The normalized spacial score (nSPS) is 11.3. The molecule has 1 aromatic carbocycles. The Morgan fingerprint density at radius 3 is 2.80 bits per heavy atom. The second-order valence-corrected chi connectivity index (χ2v) is 4.77. The molecule has 0 spiro atoms. The average Bonchev–Trinajstić information content (AvgIpc) is 2.43. The van der Waals surface area contributed by atoms with Crippen LogP contribution in [-0.2, 0) is 11.3 Å². The van der Waals surface area contributed by atoms with Crippen LogP contribution in [0.25, 0.3) is 6.08 Å². The maximum Gasteiger partial charge on any atom is 0.328 e. The first-order valence-electron chi connectivity index (χ1n) is 6.99. The Balaban J connectivity index is 2.69. The molecule has 0 aliphatic heterocycles. The van der Waals surface area contributed by atoms with Crippen molar-refractivity contribution >= 4 is 12.0 Å². The van der Waals surface area contributed by atoms with Crippen LogP contribution in [0.1, 0.15) is 30.9 Å². The highest BCUT2D eigenvalue weighted by molar-refractivity contribution is 5.85. The number of nitrogens with zero attached hydrogens (tertiary/aromatic N) is 1. The fraction of sp³-hybridized carbons (Fsp3) is 0.438. The molecule has 0 aromatic heterocycles. The summed E-state index contributed by atoms with van der Waals surface area (Å²) >= 11 is 0. The smallest absolute Gasteiger partial charge is 0.328 e. The van der Waals surface area contributed by atoms with Crippen molar-refractivity contribution in [1.82, 2.24) is 4.90 Å². The molecule has 0 aliphatic carbocycles. The Labute approximate surface area is 120 Å². The lowest BCUT2D eigenvalue weighted by molar-refractivity contribution is -0.131. The van der Waals surface area contributed by atoms with E-state index in [4.69, 9.17) is 10.2 Å². The zero-order valence-corrected chi connectivity index (χ0v) is 12.0. The minimum absolute atomic E-state index is 0.155. The molecule has 0 fully saturated rings. The molecule has 4 nitrogen and oxygen atoms in total. The summed E-state index contributed by atoms with van der Waals surface area (Å²) in [6.45, 7) is 4.70. The number of carboxylic acid groups (broad SMARTS) is 1. The molecule has 0 amide bonds. The van der Waals surface area contributed by atoms with Gasteiger partial charge in [-0.25, -0.2) is 4.79 Å². The van der Waals surface area contributed by atoms with Crippen LogP contribution in [0.5, 0.6) is 0 Å². The van der Waals surface area contributed by atoms with Crippen LogP contribution in [0.4, 0.5) is 0 Å². The van der Waals surface area contributed by atoms with Gasteiger partial charge in [-0.2, -0.15) is 0 Å². The monoisotopic (exact) mass is 277 g/mol. The first-order valence-corrected chi connectivity index (χ1v) is 6.99. The zero-order chi connectivity index (χ0) is 14.8. The topological polar surface area (TPSA) is 60.8 Å². The molecule has 0 unspecified atom stereocenters. The van der Waals surface area contributed by atoms with E-state index in [1.54, 1.807) is 6.08 Å². The first-order chi connectivity index (χ1) is 9.65. The van der Waals surface area contributed by atoms with Gasteiger partial charge in [0.2, 0.25) is 0 Å². The first kappa shape index (κ1) is 16.4. The summed E-state index contributed by atoms with van der Waals surface area (Å²) in [6.07, 6.45) is 4.97. The third kappa shape index (κ3) is 6.50. The number of carbonyl (C=O) groups is 1. The third-order valence-corrected chi connectivity index (χ3v) is 3.02. The molecule has 0 saturated heterocycles. The SMILES string of the molecule is CCCCN(CCO)Cc1cccc(C=CC(=O)O)c1. The van der Waals surface area contributed by atoms with E-state index in [1.165, 1.54) is 0 Å². The van der Waals surface area contributed by atoms with Gasteiger partial charge in [-0.15, -0.1) is 0 Å². The molecule has 0 radical (unpaired) electrons. The van der Waals surface area contributed by atoms with Crippen LogP contribution in [0.3, 0.4) is 0 Å². The predicted molar refractivity (Wildman–Crippen MR) is 80.4 cm³/mol. The highest BCUT2D eigenvalue weighted by atomic mass is 16.4. The summed E-state index contributed by atoms with van der Waals surface area (Å²) in [5.41, 5.74) is 2.01. The number of carboxylic acids is 1. The summed E-state index contributed by atoms with van der Waals surface area (Å²) in [6, 6.07) is 7.81. The minimum atomic E-state index is -0.944. The summed E-state index contributed by atoms with van der Waals surface area (Å²) in [7, 11) is 0. The van der Waals surface area contributed by atoms with Gasteiger partial charge in [0, 0.05) is 19.2 Å². The van der Waals surface area contributed by atoms with Crippen LogP contribution in [0, 0.1) is 0 Å². The van der Waals surface area contributed by atoms with Gasteiger partial charge in [0.25, 0.3) is 0 Å². The molecule has 110 valence electrons. The Hall–Kier alpha value is -1.65. The van der Waals surface area contributed by atoms with E-state index >= 15 is 0 Å². The quantitative estimate of drug-likeness (QED) is 0.680. The molecule has 2 N–H and O–H groups in total. The Morgan fingerprint density at radius 1 is 1.35 bits per heavy atom. The van der Waals surface area contributed by atoms with E-state index in [0.29, 0.717) is 6.54 Å². The molecule has 1 aromatic rings. The van der Waals surface area contributed by atoms with Crippen LogP contribution >= 0.6 is 0 Å². The van der Waals surface area contributed by atoms with Gasteiger partial charge in [0.15, 0.2) is 0 Å². The zero-order valence-electron chi connectivity index (χ0n) is 12.0. The average molecular weight is 277 g/mol. The number of aliphatic hydroxyl groups excluding tert-OH is 1. The lowest BCUT2D eigenvalue weighted by Gasteiger charge is -2.21. The van der Waals surface area contributed by atoms with Crippen molar-refractivity contribution < 1.29 is 15.0 Å². The van der Waals surface area contributed by atoms with Crippen molar-refractivity contribution in [3.63, 3.8) is 0 Å². The van der Waals surface area contributed by atoms with E-state index in [1.807, 2.05) is 24.3 Å². The molecular formula is C16H23NO3. The molecule has 0 aliphatic rings. The molecule has 20 heavy (non-hydrogen) atoms. The molecule has 0 saturated carbocycles. The van der Waals surface area contributed by atoms with E-state index < -0.39 is 5.97 Å². The number of rotatable bonds is 9. The van der Waals surface area contributed by atoms with Crippen LogP contribution in [-0.4, -0.2) is 40.8 Å². The number of benzene rings is 1. The van der Waals surface area contributed by atoms with E-state index in [9.17, 15) is 4.79 Å². The third-order valence-electron chi connectivity index (χ3n) is 3.02. The fourth-order valence-corrected chi connectivity index (χ4v) is 2.01. The number of hydrogen-bond donors (Lipinski definition) is 2. The Morgan fingerprint density at radius 2 is 2.15 bits per heavy atom. The molecular weight excluding hydrogens is 254 g/mol. The number of hydrogen-bond acceptors (Lipinski definition) is 3. The van der Waals surface area contributed by atoms with Crippen molar-refractivity contribution in [2.45, 2.75) is 26.3 Å². The van der Waals surface area contributed by atoms with E-state index in [0.717, 1.165) is 43.1 Å². The summed E-state index contributed by atoms with van der Waals surface area (Å²) < 4.78 is 0. The van der Waals surface area contributed by atoms with Gasteiger partial charge in [0.05, 0.1) is 6.61 Å². The second kappa shape index (κ2) is 9.28. The molecule has 4 heteroatoms. The van der Waals surface area contributed by atoms with Crippen molar-refractivity contribution in [2.75, 3.05) is 19.7 Å². The summed E-state index contributed by atoms with van der Waals surface area (Å²) in [4.78, 5) is 12.7. The molecule has 1 rings (SSSR count). The molecule has 0 bridgehead atoms. The maximum atomic E-state index is 10.5. The molecule has 0 heterocycles. The van der Waals surface area contributed by atoms with Gasteiger partial charge >= 0.3 is 5.97 Å². The van der Waals surface area contributed by atoms with Gasteiger partial charge in [0.1, 0.15) is 0 Å². The van der Waals surface area contributed by atoms with E-state index in [2.05, 4.69) is 11.8 Å². The number of aliphatic carboxylic acids is 1. The Kier molecular flexibility index (Phi) is 7.62. The van der Waals surface area contributed by atoms with Crippen LogP contribution in [0.2, 0.25) is 0 Å². The second-order valence-electron chi connectivity index (χ2n) is 4.77. The van der Waals surface area contributed by atoms with Crippen LogP contribution in [0.15, 0.2) is 30.3 Å². The lowest BCUT2D eigenvalue weighted by Crippen LogP contribution is -2.27. The highest BCUT2D eigenvalue weighted by Gasteiger charge is 2.05. The molecule has 0 atom stereocenters. The van der Waals surface area contributed by atoms with Crippen LogP contribution < -0.4 is 0 Å². The van der Waals surface area contributed by atoms with Gasteiger partial charge < -0.3 is 10.2 Å². The standard InChI is InChI=1S/C16H23NO3/c1-2-3-9-17(10-11-18)13-15-6-4-5-14(12-15)7-8-16(19)20/h4-8,12,18H,2-3,9-11,13H2,1H3,(H,19,20). The summed E-state index contributed by atoms with van der Waals surface area (Å²) in [5.74, 6) is -0.944. The van der Waals surface area contributed by atoms with Gasteiger partial charge in [-0.3, -0.25) is 4.90 Å². The lowest BCUT2D eigenvalue weighted by atomic mass is 10.1. The Bertz CT molecular complexity index is 443. The largest absolute Gasteiger partial charge is 0.478 e. The number of aliphatic hydroxyl groups is 1. The van der Waals surface area contributed by atoms with Gasteiger partial charge in [-0.05, 0) is 30.2 Å². The van der Waals surface area contributed by atoms with E-state index in [-0.39, 0.29) is 6.61 Å².